The summed E-state index contributed by atoms with van der Waals surface area (Å²) in [5.74, 6) is 0. The molecule has 1 aliphatic rings. The normalized spacial score (nSPS) is 22.4. The Bertz CT molecular complexity index is 266. The maximum Gasteiger partial charge on any atom is 0.0774 e. The molecule has 0 radical (unpaired) electrons. The lowest BCUT2D eigenvalue weighted by Crippen LogP contribution is -2.09. The van der Waals surface area contributed by atoms with Crippen LogP contribution in [0.5, 0.6) is 0 Å². The van der Waals surface area contributed by atoms with E-state index in [4.69, 9.17) is 4.74 Å². The Labute approximate surface area is 77.9 Å². The van der Waals surface area contributed by atoms with E-state index in [9.17, 15) is 0 Å². The van der Waals surface area contributed by atoms with Gasteiger partial charge < -0.3 is 10.1 Å². The molecule has 0 bridgehead atoms. The lowest BCUT2D eigenvalue weighted by atomic mass is 10.3. The van der Waals surface area contributed by atoms with Crippen molar-refractivity contribution in [2.24, 2.45) is 0 Å². The zero-order valence-electron chi connectivity index (χ0n) is 7.86. The Balaban J connectivity index is 2.03. The zero-order valence-corrected chi connectivity index (χ0v) is 7.86. The largest absolute Gasteiger partial charge is 0.379 e. The molecule has 1 unspecified atom stereocenters. The van der Waals surface area contributed by atoms with E-state index in [-0.39, 0.29) is 0 Å². The summed E-state index contributed by atoms with van der Waals surface area (Å²) in [5.41, 5.74) is 1.23. The summed E-state index contributed by atoms with van der Waals surface area (Å²) in [4.78, 5) is 0. The van der Waals surface area contributed by atoms with Crippen molar-refractivity contribution in [2.45, 2.75) is 19.0 Å². The Morgan fingerprint density at radius 2 is 2.69 bits per heavy atom. The van der Waals surface area contributed by atoms with Crippen LogP contribution in [-0.4, -0.2) is 30.0 Å². The van der Waals surface area contributed by atoms with Crippen molar-refractivity contribution in [1.29, 1.82) is 0 Å². The molecule has 1 N–H and O–H groups in total. The Kier molecular flexibility index (Phi) is 2.61. The van der Waals surface area contributed by atoms with Crippen molar-refractivity contribution in [3.05, 3.63) is 18.0 Å². The molecular formula is C9H15N3O. The van der Waals surface area contributed by atoms with Gasteiger partial charge in [0.2, 0.25) is 0 Å². The minimum absolute atomic E-state index is 0.450. The van der Waals surface area contributed by atoms with Gasteiger partial charge in [-0.3, -0.25) is 4.68 Å². The van der Waals surface area contributed by atoms with E-state index < -0.39 is 0 Å². The predicted molar refractivity (Wildman–Crippen MR) is 49.5 cm³/mol. The molecule has 1 fully saturated rings. The Morgan fingerprint density at radius 1 is 1.77 bits per heavy atom. The van der Waals surface area contributed by atoms with Crippen LogP contribution in [-0.2, 0) is 11.3 Å². The first-order valence-electron chi connectivity index (χ1n) is 4.65. The van der Waals surface area contributed by atoms with Gasteiger partial charge in [0, 0.05) is 24.9 Å². The molecule has 0 saturated carbocycles. The molecule has 0 aromatic carbocycles. The van der Waals surface area contributed by atoms with Gasteiger partial charge in [-0.1, -0.05) is 0 Å². The molecule has 0 aliphatic carbocycles. The zero-order chi connectivity index (χ0) is 9.10. The number of hydrogen-bond acceptors (Lipinski definition) is 3. The summed E-state index contributed by atoms with van der Waals surface area (Å²) in [6.45, 7) is 2.56. The van der Waals surface area contributed by atoms with Crippen molar-refractivity contribution in [3.8, 4) is 0 Å². The SMILES string of the molecule is CNCc1cnn(C2CCOC2)c1. The maximum atomic E-state index is 5.30. The van der Waals surface area contributed by atoms with Crippen LogP contribution in [0.4, 0.5) is 0 Å². The third kappa shape index (κ3) is 1.89. The molecular weight excluding hydrogens is 166 g/mol. The summed E-state index contributed by atoms with van der Waals surface area (Å²) < 4.78 is 7.32. The van der Waals surface area contributed by atoms with Gasteiger partial charge in [-0.25, -0.2) is 0 Å². The minimum atomic E-state index is 0.450. The molecule has 1 aliphatic heterocycles. The summed E-state index contributed by atoms with van der Waals surface area (Å²) in [7, 11) is 1.94. The molecule has 72 valence electrons. The van der Waals surface area contributed by atoms with Gasteiger partial charge in [-0.05, 0) is 13.5 Å². The van der Waals surface area contributed by atoms with Crippen molar-refractivity contribution in [1.82, 2.24) is 15.1 Å². The lowest BCUT2D eigenvalue weighted by Gasteiger charge is -2.06. The molecule has 13 heavy (non-hydrogen) atoms. The smallest absolute Gasteiger partial charge is 0.0774 e. The Hall–Kier alpha value is -0.870. The fourth-order valence-electron chi connectivity index (χ4n) is 1.60. The second-order valence-corrected chi connectivity index (χ2v) is 3.38. The molecule has 1 aromatic heterocycles. The number of hydrogen-bond donors (Lipinski definition) is 1. The second kappa shape index (κ2) is 3.89. The van der Waals surface area contributed by atoms with Crippen LogP contribution in [0.1, 0.15) is 18.0 Å². The van der Waals surface area contributed by atoms with E-state index in [1.807, 2.05) is 17.9 Å². The minimum Gasteiger partial charge on any atom is -0.379 e. The highest BCUT2D eigenvalue weighted by atomic mass is 16.5. The first-order valence-corrected chi connectivity index (χ1v) is 4.65. The van der Waals surface area contributed by atoms with Crippen LogP contribution in [0.3, 0.4) is 0 Å². The topological polar surface area (TPSA) is 39.1 Å². The number of nitrogens with one attached hydrogen (secondary N) is 1. The average molecular weight is 181 g/mol. The molecule has 0 amide bonds. The second-order valence-electron chi connectivity index (χ2n) is 3.38. The molecule has 1 aromatic rings. The fourth-order valence-corrected chi connectivity index (χ4v) is 1.60. The summed E-state index contributed by atoms with van der Waals surface area (Å²) >= 11 is 0. The van der Waals surface area contributed by atoms with Gasteiger partial charge in [0.15, 0.2) is 0 Å². The van der Waals surface area contributed by atoms with Crippen LogP contribution < -0.4 is 5.32 Å². The monoisotopic (exact) mass is 181 g/mol. The average Bonchev–Trinajstić information content (AvgIpc) is 2.70. The van der Waals surface area contributed by atoms with Crippen molar-refractivity contribution < 1.29 is 4.74 Å². The third-order valence-electron chi connectivity index (χ3n) is 2.32. The van der Waals surface area contributed by atoms with Crippen molar-refractivity contribution in [3.63, 3.8) is 0 Å². The fraction of sp³-hybridized carbons (Fsp3) is 0.667. The van der Waals surface area contributed by atoms with Crippen LogP contribution >= 0.6 is 0 Å². The van der Waals surface area contributed by atoms with Gasteiger partial charge >= 0.3 is 0 Å². The van der Waals surface area contributed by atoms with E-state index in [1.54, 1.807) is 0 Å². The van der Waals surface area contributed by atoms with Gasteiger partial charge in [-0.2, -0.15) is 5.10 Å². The van der Waals surface area contributed by atoms with Crippen molar-refractivity contribution >= 4 is 0 Å². The van der Waals surface area contributed by atoms with E-state index in [0.717, 1.165) is 26.2 Å². The molecule has 4 heteroatoms. The van der Waals surface area contributed by atoms with Crippen molar-refractivity contribution in [2.75, 3.05) is 20.3 Å². The summed E-state index contributed by atoms with van der Waals surface area (Å²) in [5, 5.41) is 7.42. The standard InChI is InChI=1S/C9H15N3O/c1-10-4-8-5-11-12(6-8)9-2-3-13-7-9/h5-6,9-10H,2-4,7H2,1H3. The van der Waals surface area contributed by atoms with Crippen LogP contribution in [0, 0.1) is 0 Å². The van der Waals surface area contributed by atoms with Gasteiger partial charge in [0.05, 0.1) is 18.8 Å². The maximum absolute atomic E-state index is 5.30. The molecule has 2 heterocycles. The highest BCUT2D eigenvalue weighted by Gasteiger charge is 2.17. The van der Waals surface area contributed by atoms with Gasteiger partial charge in [0.25, 0.3) is 0 Å². The van der Waals surface area contributed by atoms with Crippen LogP contribution in [0.15, 0.2) is 12.4 Å². The third-order valence-corrected chi connectivity index (χ3v) is 2.32. The number of rotatable bonds is 3. The van der Waals surface area contributed by atoms with E-state index in [2.05, 4.69) is 16.6 Å². The molecule has 1 saturated heterocycles. The summed E-state index contributed by atoms with van der Waals surface area (Å²) in [6, 6.07) is 0.450. The first-order chi connectivity index (χ1) is 6.40. The van der Waals surface area contributed by atoms with Crippen LogP contribution in [0.2, 0.25) is 0 Å². The first kappa shape index (κ1) is 8.72. The number of ether oxygens (including phenoxy) is 1. The summed E-state index contributed by atoms with van der Waals surface area (Å²) in [6.07, 6.45) is 5.09. The predicted octanol–water partition coefficient (Wildman–Crippen LogP) is 0.564. The van der Waals surface area contributed by atoms with E-state index >= 15 is 0 Å². The van der Waals surface area contributed by atoms with Crippen LogP contribution in [0.25, 0.3) is 0 Å². The van der Waals surface area contributed by atoms with E-state index in [0.29, 0.717) is 6.04 Å². The highest BCUT2D eigenvalue weighted by Crippen LogP contribution is 2.17. The molecule has 0 spiro atoms. The van der Waals surface area contributed by atoms with Gasteiger partial charge in [-0.15, -0.1) is 0 Å². The number of aromatic nitrogens is 2. The van der Waals surface area contributed by atoms with Gasteiger partial charge in [0.1, 0.15) is 0 Å². The highest BCUT2D eigenvalue weighted by molar-refractivity contribution is 5.04. The quantitative estimate of drug-likeness (QED) is 0.740. The molecule has 1 atom stereocenters. The molecule has 4 nitrogen and oxygen atoms in total. The van der Waals surface area contributed by atoms with E-state index in [1.165, 1.54) is 5.56 Å². The lowest BCUT2D eigenvalue weighted by molar-refractivity contribution is 0.184. The Morgan fingerprint density at radius 3 is 3.38 bits per heavy atom. The molecule has 2 rings (SSSR count). The number of nitrogens with zero attached hydrogens (tertiary/aromatic N) is 2.